The van der Waals surface area contributed by atoms with Gasteiger partial charge in [-0.1, -0.05) is 6.07 Å². The molecule has 0 radical (unpaired) electrons. The number of hydrogen-bond donors (Lipinski definition) is 1. The Morgan fingerprint density at radius 3 is 2.60 bits per heavy atom. The van der Waals surface area contributed by atoms with E-state index >= 15 is 0 Å². The van der Waals surface area contributed by atoms with Crippen molar-refractivity contribution >= 4 is 31.9 Å². The molecule has 1 heterocycles. The number of hydrogen-bond acceptors (Lipinski definition) is 2. The van der Waals surface area contributed by atoms with Gasteiger partial charge in [0.25, 0.3) is 5.56 Å². The Morgan fingerprint density at radius 2 is 1.93 bits per heavy atom. The SMILES string of the molecule is O=c1ccnc(-c2ccc(Br)c(Br)c2)[nH]1. The third-order valence-corrected chi connectivity index (χ3v) is 3.74. The number of halogens is 2. The van der Waals surface area contributed by atoms with Crippen molar-refractivity contribution in [3.63, 3.8) is 0 Å². The molecule has 2 rings (SSSR count). The van der Waals surface area contributed by atoms with Crippen LogP contribution < -0.4 is 5.56 Å². The molecule has 0 spiro atoms. The van der Waals surface area contributed by atoms with Gasteiger partial charge in [-0.25, -0.2) is 4.98 Å². The van der Waals surface area contributed by atoms with Crippen molar-refractivity contribution < 1.29 is 0 Å². The number of H-pyrrole nitrogens is 1. The summed E-state index contributed by atoms with van der Waals surface area (Å²) in [5, 5.41) is 0. The molecule has 1 aromatic heterocycles. The zero-order valence-corrected chi connectivity index (χ0v) is 10.7. The molecule has 15 heavy (non-hydrogen) atoms. The van der Waals surface area contributed by atoms with E-state index in [1.54, 1.807) is 0 Å². The fraction of sp³-hybridized carbons (Fsp3) is 0. The van der Waals surface area contributed by atoms with Gasteiger partial charge in [0, 0.05) is 26.8 Å². The molecule has 1 aromatic carbocycles. The minimum absolute atomic E-state index is 0.154. The lowest BCUT2D eigenvalue weighted by molar-refractivity contribution is 1.13. The summed E-state index contributed by atoms with van der Waals surface area (Å²) >= 11 is 6.77. The summed E-state index contributed by atoms with van der Waals surface area (Å²) in [5.41, 5.74) is 0.710. The van der Waals surface area contributed by atoms with E-state index < -0.39 is 0 Å². The molecule has 76 valence electrons. The molecule has 0 saturated heterocycles. The number of aromatic amines is 1. The van der Waals surface area contributed by atoms with Crippen LogP contribution in [0, 0.1) is 0 Å². The zero-order chi connectivity index (χ0) is 10.8. The lowest BCUT2D eigenvalue weighted by Gasteiger charge is -2.01. The van der Waals surface area contributed by atoms with Gasteiger partial charge in [0.1, 0.15) is 5.82 Å². The highest BCUT2D eigenvalue weighted by Crippen LogP contribution is 2.26. The first-order valence-electron chi connectivity index (χ1n) is 4.17. The van der Waals surface area contributed by atoms with E-state index in [0.717, 1.165) is 14.5 Å². The molecule has 0 amide bonds. The zero-order valence-electron chi connectivity index (χ0n) is 7.50. The van der Waals surface area contributed by atoms with Crippen LogP contribution >= 0.6 is 31.9 Å². The summed E-state index contributed by atoms with van der Waals surface area (Å²) < 4.78 is 1.89. The number of rotatable bonds is 1. The smallest absolute Gasteiger partial charge is 0.251 e. The Morgan fingerprint density at radius 1 is 1.13 bits per heavy atom. The van der Waals surface area contributed by atoms with Crippen molar-refractivity contribution in [2.75, 3.05) is 0 Å². The number of aromatic nitrogens is 2. The molecular weight excluding hydrogens is 324 g/mol. The van der Waals surface area contributed by atoms with Gasteiger partial charge in [-0.3, -0.25) is 4.79 Å². The minimum Gasteiger partial charge on any atom is -0.307 e. The van der Waals surface area contributed by atoms with Crippen molar-refractivity contribution in [2.24, 2.45) is 0 Å². The van der Waals surface area contributed by atoms with Crippen LogP contribution in [0.25, 0.3) is 11.4 Å². The lowest BCUT2D eigenvalue weighted by atomic mass is 10.2. The first kappa shape index (κ1) is 10.6. The van der Waals surface area contributed by atoms with E-state index in [-0.39, 0.29) is 5.56 Å². The fourth-order valence-corrected chi connectivity index (χ4v) is 1.79. The topological polar surface area (TPSA) is 45.8 Å². The predicted molar refractivity (Wildman–Crippen MR) is 65.7 cm³/mol. The molecule has 0 aliphatic carbocycles. The van der Waals surface area contributed by atoms with E-state index in [1.807, 2.05) is 18.2 Å². The van der Waals surface area contributed by atoms with Crippen LogP contribution in [0.3, 0.4) is 0 Å². The summed E-state index contributed by atoms with van der Waals surface area (Å²) in [6.07, 6.45) is 1.49. The van der Waals surface area contributed by atoms with Crippen molar-refractivity contribution in [1.82, 2.24) is 9.97 Å². The average Bonchev–Trinajstić information content (AvgIpc) is 2.22. The van der Waals surface area contributed by atoms with Gasteiger partial charge in [-0.05, 0) is 44.0 Å². The molecular formula is C10H6Br2N2O. The van der Waals surface area contributed by atoms with E-state index in [1.165, 1.54) is 12.3 Å². The van der Waals surface area contributed by atoms with E-state index in [4.69, 9.17) is 0 Å². The molecule has 1 N–H and O–H groups in total. The Kier molecular flexibility index (Phi) is 3.02. The van der Waals surface area contributed by atoms with Gasteiger partial charge in [-0.15, -0.1) is 0 Å². The lowest BCUT2D eigenvalue weighted by Crippen LogP contribution is -2.05. The average molecular weight is 330 g/mol. The molecule has 2 aromatic rings. The van der Waals surface area contributed by atoms with E-state index in [2.05, 4.69) is 41.8 Å². The van der Waals surface area contributed by atoms with Crippen LogP contribution in [0.4, 0.5) is 0 Å². The van der Waals surface area contributed by atoms with Crippen molar-refractivity contribution in [1.29, 1.82) is 0 Å². The number of benzene rings is 1. The fourth-order valence-electron chi connectivity index (χ4n) is 1.16. The standard InChI is InChI=1S/C10H6Br2N2O/c11-7-2-1-6(5-8(7)12)10-13-4-3-9(15)14-10/h1-5H,(H,13,14,15). The van der Waals surface area contributed by atoms with Crippen LogP contribution in [0.2, 0.25) is 0 Å². The maximum atomic E-state index is 11.1. The van der Waals surface area contributed by atoms with Gasteiger partial charge in [0.2, 0.25) is 0 Å². The molecule has 5 heteroatoms. The summed E-state index contributed by atoms with van der Waals surface area (Å²) in [5.74, 6) is 0.565. The monoisotopic (exact) mass is 328 g/mol. The Balaban J connectivity index is 2.55. The molecule has 0 fully saturated rings. The molecule has 0 unspecified atom stereocenters. The van der Waals surface area contributed by atoms with Crippen LogP contribution in [0.1, 0.15) is 0 Å². The first-order valence-corrected chi connectivity index (χ1v) is 5.76. The summed E-state index contributed by atoms with van der Waals surface area (Å²) in [6, 6.07) is 7.05. The highest BCUT2D eigenvalue weighted by molar-refractivity contribution is 9.13. The first-order chi connectivity index (χ1) is 7.16. The van der Waals surface area contributed by atoms with E-state index in [0.29, 0.717) is 5.82 Å². The van der Waals surface area contributed by atoms with Crippen molar-refractivity contribution in [3.05, 3.63) is 49.8 Å². The number of nitrogens with one attached hydrogen (secondary N) is 1. The summed E-state index contributed by atoms with van der Waals surface area (Å²) in [7, 11) is 0. The largest absolute Gasteiger partial charge is 0.307 e. The van der Waals surface area contributed by atoms with Gasteiger partial charge in [0.05, 0.1) is 0 Å². The van der Waals surface area contributed by atoms with Gasteiger partial charge in [-0.2, -0.15) is 0 Å². The van der Waals surface area contributed by atoms with Crippen molar-refractivity contribution in [3.8, 4) is 11.4 Å². The van der Waals surface area contributed by atoms with Crippen molar-refractivity contribution in [2.45, 2.75) is 0 Å². The molecule has 0 atom stereocenters. The quantitative estimate of drug-likeness (QED) is 0.874. The van der Waals surface area contributed by atoms with Crippen LogP contribution in [0.5, 0.6) is 0 Å². The Hall–Kier alpha value is -0.940. The molecule has 0 saturated carbocycles. The maximum Gasteiger partial charge on any atom is 0.251 e. The van der Waals surface area contributed by atoms with Crippen LogP contribution in [0.15, 0.2) is 44.2 Å². The second-order valence-electron chi connectivity index (χ2n) is 2.91. The van der Waals surface area contributed by atoms with E-state index in [9.17, 15) is 4.79 Å². The van der Waals surface area contributed by atoms with Gasteiger partial charge >= 0.3 is 0 Å². The van der Waals surface area contributed by atoms with Crippen LogP contribution in [-0.4, -0.2) is 9.97 Å². The second kappa shape index (κ2) is 4.28. The summed E-state index contributed by atoms with van der Waals surface area (Å²) in [6.45, 7) is 0. The third kappa shape index (κ3) is 2.35. The normalized spacial score (nSPS) is 10.3. The molecule has 0 bridgehead atoms. The van der Waals surface area contributed by atoms with Gasteiger partial charge < -0.3 is 4.98 Å². The molecule has 3 nitrogen and oxygen atoms in total. The predicted octanol–water partition coefficient (Wildman–Crippen LogP) is 2.96. The minimum atomic E-state index is -0.154. The highest BCUT2D eigenvalue weighted by atomic mass is 79.9. The third-order valence-electron chi connectivity index (χ3n) is 1.86. The Labute approximate surface area is 103 Å². The molecule has 0 aliphatic rings. The number of nitrogens with zero attached hydrogens (tertiary/aromatic N) is 1. The maximum absolute atomic E-state index is 11.1. The molecule has 0 aliphatic heterocycles. The van der Waals surface area contributed by atoms with Crippen LogP contribution in [-0.2, 0) is 0 Å². The van der Waals surface area contributed by atoms with Gasteiger partial charge in [0.15, 0.2) is 0 Å². The summed E-state index contributed by atoms with van der Waals surface area (Å²) in [4.78, 5) is 17.9. The second-order valence-corrected chi connectivity index (χ2v) is 4.62. The highest BCUT2D eigenvalue weighted by Gasteiger charge is 2.02. The Bertz CT molecular complexity index is 551.